The van der Waals surface area contributed by atoms with Crippen LogP contribution in [0.2, 0.25) is 0 Å². The van der Waals surface area contributed by atoms with E-state index >= 15 is 0 Å². The Morgan fingerprint density at radius 2 is 2.11 bits per heavy atom. The minimum Gasteiger partial charge on any atom is -0.479 e. The summed E-state index contributed by atoms with van der Waals surface area (Å²) in [6.07, 6.45) is -0.547. The summed E-state index contributed by atoms with van der Waals surface area (Å²) in [5, 5.41) is 19.0. The number of aliphatic carboxylic acids is 1. The zero-order valence-corrected chi connectivity index (χ0v) is 11.4. The fourth-order valence-corrected chi connectivity index (χ4v) is 1.91. The molecule has 1 aromatic rings. The lowest BCUT2D eigenvalue weighted by atomic mass is 9.98. The fourth-order valence-electron chi connectivity index (χ4n) is 1.63. The van der Waals surface area contributed by atoms with E-state index in [1.54, 1.807) is 0 Å². The normalized spacial score (nSPS) is 12.5. The third kappa shape index (κ3) is 4.76. The van der Waals surface area contributed by atoms with Gasteiger partial charge in [-0.2, -0.15) is 8.78 Å². The number of aliphatic hydroxyl groups excluding tert-OH is 1. The van der Waals surface area contributed by atoms with Gasteiger partial charge in [0.2, 0.25) is 0 Å². The van der Waals surface area contributed by atoms with Crippen LogP contribution in [0.15, 0.2) is 18.2 Å². The van der Waals surface area contributed by atoms with Gasteiger partial charge in [-0.25, -0.2) is 4.79 Å². The molecule has 0 saturated heterocycles. The van der Waals surface area contributed by atoms with Gasteiger partial charge in [0.05, 0.1) is 0 Å². The van der Waals surface area contributed by atoms with Gasteiger partial charge in [0.25, 0.3) is 0 Å². The first-order valence-corrected chi connectivity index (χ1v) is 6.62. The lowest BCUT2D eigenvalue weighted by molar-refractivity contribution is -0.147. The predicted molar refractivity (Wildman–Crippen MR) is 67.8 cm³/mol. The van der Waals surface area contributed by atoms with Gasteiger partial charge in [-0.1, -0.05) is 22.0 Å². The van der Waals surface area contributed by atoms with E-state index in [9.17, 15) is 18.7 Å². The Morgan fingerprint density at radius 1 is 1.42 bits per heavy atom. The summed E-state index contributed by atoms with van der Waals surface area (Å²) in [5.74, 6) is -1.44. The molecule has 0 amide bonds. The van der Waals surface area contributed by atoms with Gasteiger partial charge in [0, 0.05) is 5.33 Å². The average molecular weight is 339 g/mol. The van der Waals surface area contributed by atoms with Crippen molar-refractivity contribution in [3.05, 3.63) is 29.3 Å². The van der Waals surface area contributed by atoms with Crippen molar-refractivity contribution in [3.63, 3.8) is 0 Å². The smallest absolute Gasteiger partial charge is 0.387 e. The number of aliphatic hydroxyl groups is 1. The highest BCUT2D eigenvalue weighted by Crippen LogP contribution is 2.26. The van der Waals surface area contributed by atoms with Crippen LogP contribution in [0.4, 0.5) is 8.78 Å². The van der Waals surface area contributed by atoms with Gasteiger partial charge >= 0.3 is 12.6 Å². The molecule has 2 N–H and O–H groups in total. The van der Waals surface area contributed by atoms with Crippen molar-refractivity contribution >= 4 is 21.9 Å². The third-order valence-corrected chi connectivity index (χ3v) is 3.01. The van der Waals surface area contributed by atoms with Crippen LogP contribution < -0.4 is 4.74 Å². The summed E-state index contributed by atoms with van der Waals surface area (Å²) >= 11 is 3.23. The van der Waals surface area contributed by atoms with Crippen LogP contribution in [-0.4, -0.2) is 28.1 Å². The van der Waals surface area contributed by atoms with Gasteiger partial charge in [-0.3, -0.25) is 0 Å². The van der Waals surface area contributed by atoms with Crippen molar-refractivity contribution < 1.29 is 28.5 Å². The first kappa shape index (κ1) is 15.8. The molecule has 0 spiro atoms. The Balaban J connectivity index is 3.04. The fraction of sp³-hybridized carbons (Fsp3) is 0.417. The molecule has 0 bridgehead atoms. The van der Waals surface area contributed by atoms with Crippen LogP contribution >= 0.6 is 15.9 Å². The number of carboxylic acid groups (broad SMARTS) is 1. The van der Waals surface area contributed by atoms with Crippen molar-refractivity contribution in [1.82, 2.24) is 0 Å². The zero-order valence-electron chi connectivity index (χ0n) is 9.85. The van der Waals surface area contributed by atoms with Crippen molar-refractivity contribution in [3.8, 4) is 5.75 Å². The third-order valence-electron chi connectivity index (χ3n) is 2.45. The van der Waals surface area contributed by atoms with E-state index in [-0.39, 0.29) is 11.3 Å². The first-order chi connectivity index (χ1) is 8.95. The van der Waals surface area contributed by atoms with Gasteiger partial charge < -0.3 is 14.9 Å². The van der Waals surface area contributed by atoms with Gasteiger partial charge in [-0.05, 0) is 36.1 Å². The standard InChI is InChI=1S/C12H13BrF2O4/c13-5-1-2-7-6-8(19-12(14)15)3-4-9(7)10(16)11(17)18/h3-4,6,10,12,16H,1-2,5H2,(H,17,18). The van der Waals surface area contributed by atoms with E-state index in [0.717, 1.165) is 0 Å². The largest absolute Gasteiger partial charge is 0.479 e. The molecule has 0 radical (unpaired) electrons. The Morgan fingerprint density at radius 3 is 2.63 bits per heavy atom. The number of aryl methyl sites for hydroxylation is 1. The Kier molecular flexibility index (Phi) is 6.17. The van der Waals surface area contributed by atoms with Crippen molar-refractivity contribution in [2.75, 3.05) is 5.33 Å². The number of hydrogen-bond donors (Lipinski definition) is 2. The number of benzene rings is 1. The van der Waals surface area contributed by atoms with Crippen LogP contribution in [0.1, 0.15) is 23.7 Å². The maximum Gasteiger partial charge on any atom is 0.387 e. The second-order valence-corrected chi connectivity index (χ2v) is 4.57. The molecule has 106 valence electrons. The molecule has 0 aliphatic rings. The Hall–Kier alpha value is -1.21. The van der Waals surface area contributed by atoms with Crippen LogP contribution in [0, 0.1) is 0 Å². The molecule has 0 saturated carbocycles. The quantitative estimate of drug-likeness (QED) is 0.750. The SMILES string of the molecule is O=C(O)C(O)c1ccc(OC(F)F)cc1CCCBr. The highest BCUT2D eigenvalue weighted by atomic mass is 79.9. The molecule has 1 rings (SSSR count). The van der Waals surface area contributed by atoms with Gasteiger partial charge in [0.1, 0.15) is 5.75 Å². The molecule has 19 heavy (non-hydrogen) atoms. The van der Waals surface area contributed by atoms with Crippen molar-refractivity contribution in [2.24, 2.45) is 0 Å². The number of carbonyl (C=O) groups is 1. The van der Waals surface area contributed by atoms with E-state index in [2.05, 4.69) is 20.7 Å². The Bertz CT molecular complexity index is 440. The minimum atomic E-state index is -2.95. The molecule has 1 atom stereocenters. The maximum atomic E-state index is 12.1. The highest BCUT2D eigenvalue weighted by molar-refractivity contribution is 9.09. The van der Waals surface area contributed by atoms with Gasteiger partial charge in [0.15, 0.2) is 6.10 Å². The van der Waals surface area contributed by atoms with E-state index in [4.69, 9.17) is 5.11 Å². The van der Waals surface area contributed by atoms with Crippen molar-refractivity contribution in [2.45, 2.75) is 25.6 Å². The molecule has 0 heterocycles. The second kappa shape index (κ2) is 7.40. The molecular weight excluding hydrogens is 326 g/mol. The molecular formula is C12H13BrF2O4. The second-order valence-electron chi connectivity index (χ2n) is 3.77. The number of hydrogen-bond acceptors (Lipinski definition) is 3. The molecule has 7 heteroatoms. The molecule has 0 aliphatic heterocycles. The summed E-state index contributed by atoms with van der Waals surface area (Å²) in [6, 6.07) is 3.83. The number of ether oxygens (including phenoxy) is 1. The van der Waals surface area contributed by atoms with Gasteiger partial charge in [-0.15, -0.1) is 0 Å². The number of carboxylic acids is 1. The summed E-state index contributed by atoms with van der Waals surface area (Å²) in [4.78, 5) is 10.8. The summed E-state index contributed by atoms with van der Waals surface area (Å²) in [5.41, 5.74) is 0.669. The molecule has 1 unspecified atom stereocenters. The zero-order chi connectivity index (χ0) is 14.4. The van der Waals surface area contributed by atoms with Crippen molar-refractivity contribution in [1.29, 1.82) is 0 Å². The van der Waals surface area contributed by atoms with Crippen LogP contribution in [0.25, 0.3) is 0 Å². The molecule has 0 aliphatic carbocycles. The monoisotopic (exact) mass is 338 g/mol. The van der Waals surface area contributed by atoms with E-state index in [1.807, 2.05) is 0 Å². The maximum absolute atomic E-state index is 12.1. The molecule has 1 aromatic carbocycles. The van der Waals surface area contributed by atoms with Crippen LogP contribution in [0.5, 0.6) is 5.75 Å². The van der Waals surface area contributed by atoms with E-state index < -0.39 is 18.7 Å². The van der Waals surface area contributed by atoms with E-state index in [0.29, 0.717) is 23.7 Å². The first-order valence-electron chi connectivity index (χ1n) is 5.50. The van der Waals surface area contributed by atoms with Crippen LogP contribution in [0.3, 0.4) is 0 Å². The Labute approximate surface area is 117 Å². The summed E-state index contributed by atoms with van der Waals surface area (Å²) in [7, 11) is 0. The molecule has 0 aromatic heterocycles. The number of rotatable bonds is 7. The summed E-state index contributed by atoms with van der Waals surface area (Å²) in [6.45, 7) is -2.95. The predicted octanol–water partition coefficient (Wildman–Crippen LogP) is 2.73. The summed E-state index contributed by atoms with van der Waals surface area (Å²) < 4.78 is 28.5. The highest BCUT2D eigenvalue weighted by Gasteiger charge is 2.20. The topological polar surface area (TPSA) is 66.8 Å². The average Bonchev–Trinajstić information content (AvgIpc) is 2.34. The van der Waals surface area contributed by atoms with E-state index in [1.165, 1.54) is 18.2 Å². The molecule has 0 fully saturated rings. The van der Waals surface area contributed by atoms with Crippen LogP contribution in [-0.2, 0) is 11.2 Å². The lowest BCUT2D eigenvalue weighted by Crippen LogP contribution is -2.13. The number of alkyl halides is 3. The minimum absolute atomic E-state index is 0.0547. The molecule has 4 nitrogen and oxygen atoms in total. The lowest BCUT2D eigenvalue weighted by Gasteiger charge is -2.14. The number of halogens is 3.